The Morgan fingerprint density at radius 2 is 2.33 bits per heavy atom. The summed E-state index contributed by atoms with van der Waals surface area (Å²) >= 11 is 5.33. The largest absolute Gasteiger partial charge is 0.352 e. The van der Waals surface area contributed by atoms with Crippen molar-refractivity contribution in [3.8, 4) is 0 Å². The van der Waals surface area contributed by atoms with Gasteiger partial charge in [0, 0.05) is 40.7 Å². The van der Waals surface area contributed by atoms with Crippen LogP contribution in [0.2, 0.25) is 0 Å². The number of nitrogens with one attached hydrogen (secondary N) is 1. The van der Waals surface area contributed by atoms with E-state index in [2.05, 4.69) is 68.7 Å². The van der Waals surface area contributed by atoms with Crippen molar-refractivity contribution in [2.24, 2.45) is 0 Å². The van der Waals surface area contributed by atoms with Crippen LogP contribution in [0, 0.1) is 0 Å². The zero-order valence-corrected chi connectivity index (χ0v) is 14.7. The molecule has 0 aliphatic heterocycles. The van der Waals surface area contributed by atoms with Crippen molar-refractivity contribution < 1.29 is 0 Å². The van der Waals surface area contributed by atoms with E-state index in [1.807, 2.05) is 6.20 Å². The Bertz CT molecular complexity index is 596. The Balaban J connectivity index is 1.81. The normalized spacial score (nSPS) is 16.0. The minimum Gasteiger partial charge on any atom is -0.352 e. The molecule has 0 saturated heterocycles. The van der Waals surface area contributed by atoms with Crippen LogP contribution in [0.4, 0.5) is 5.82 Å². The quantitative estimate of drug-likeness (QED) is 0.824. The zero-order valence-electron chi connectivity index (χ0n) is 12.3. The molecule has 112 valence electrons. The number of hydrogen-bond acceptors (Lipinski definition) is 4. The van der Waals surface area contributed by atoms with Crippen LogP contribution < -0.4 is 10.2 Å². The van der Waals surface area contributed by atoms with Crippen LogP contribution in [0.3, 0.4) is 0 Å². The first kappa shape index (κ1) is 15.0. The Kier molecular flexibility index (Phi) is 4.62. The predicted molar refractivity (Wildman–Crippen MR) is 92.9 cm³/mol. The standard InChI is InChI=1S/C16H20BrN3S/c1-11(15-4-3-7-21-15)20(2)16-12(8-13(17)10-19-16)9-18-14-5-6-14/h3-4,7-8,10-11,14,18H,5-6,9H2,1-2H3. The number of aromatic nitrogens is 1. The number of thiophene rings is 1. The molecule has 3 rings (SSSR count). The summed E-state index contributed by atoms with van der Waals surface area (Å²) < 4.78 is 1.04. The Labute approximate surface area is 138 Å². The summed E-state index contributed by atoms with van der Waals surface area (Å²) in [6, 6.07) is 7.51. The molecule has 0 radical (unpaired) electrons. The van der Waals surface area contributed by atoms with Gasteiger partial charge < -0.3 is 10.2 Å². The molecular formula is C16H20BrN3S. The lowest BCUT2D eigenvalue weighted by Gasteiger charge is -2.27. The number of pyridine rings is 1. The minimum atomic E-state index is 0.332. The van der Waals surface area contributed by atoms with Crippen LogP contribution in [-0.4, -0.2) is 18.1 Å². The van der Waals surface area contributed by atoms with Crippen LogP contribution >= 0.6 is 27.3 Å². The highest BCUT2D eigenvalue weighted by Gasteiger charge is 2.22. The summed E-state index contributed by atoms with van der Waals surface area (Å²) in [6.07, 6.45) is 4.49. The topological polar surface area (TPSA) is 28.2 Å². The number of nitrogens with zero attached hydrogens (tertiary/aromatic N) is 2. The van der Waals surface area contributed by atoms with E-state index < -0.39 is 0 Å². The lowest BCUT2D eigenvalue weighted by Crippen LogP contribution is -2.25. The first-order valence-corrected chi connectivity index (χ1v) is 8.96. The van der Waals surface area contributed by atoms with Gasteiger partial charge in [-0.2, -0.15) is 0 Å². The maximum atomic E-state index is 4.65. The second-order valence-electron chi connectivity index (χ2n) is 5.59. The molecule has 1 fully saturated rings. The lowest BCUT2D eigenvalue weighted by molar-refractivity contribution is 0.673. The van der Waals surface area contributed by atoms with Crippen molar-refractivity contribution in [1.82, 2.24) is 10.3 Å². The van der Waals surface area contributed by atoms with Crippen LogP contribution in [-0.2, 0) is 6.54 Å². The highest BCUT2D eigenvalue weighted by atomic mass is 79.9. The minimum absolute atomic E-state index is 0.332. The van der Waals surface area contributed by atoms with Crippen LogP contribution in [0.25, 0.3) is 0 Å². The predicted octanol–water partition coefficient (Wildman–Crippen LogP) is 4.36. The molecule has 0 spiro atoms. The smallest absolute Gasteiger partial charge is 0.133 e. The van der Waals surface area contributed by atoms with Crippen LogP contribution in [0.5, 0.6) is 0 Å². The fourth-order valence-electron chi connectivity index (χ4n) is 2.37. The fraction of sp³-hybridized carbons (Fsp3) is 0.438. The molecule has 0 bridgehead atoms. The Hall–Kier alpha value is -0.910. The first-order valence-electron chi connectivity index (χ1n) is 7.29. The van der Waals surface area contributed by atoms with E-state index in [1.54, 1.807) is 11.3 Å². The molecule has 3 nitrogen and oxygen atoms in total. The SMILES string of the molecule is CC(c1cccs1)N(C)c1ncc(Br)cc1CNC1CC1. The van der Waals surface area contributed by atoms with Crippen molar-refractivity contribution in [2.45, 2.75) is 38.4 Å². The van der Waals surface area contributed by atoms with Gasteiger partial charge >= 0.3 is 0 Å². The van der Waals surface area contributed by atoms with E-state index in [4.69, 9.17) is 0 Å². The number of halogens is 1. The summed E-state index contributed by atoms with van der Waals surface area (Å²) in [5.74, 6) is 1.06. The zero-order chi connectivity index (χ0) is 14.8. The molecule has 1 atom stereocenters. The number of anilines is 1. The highest BCUT2D eigenvalue weighted by molar-refractivity contribution is 9.10. The fourth-order valence-corrected chi connectivity index (χ4v) is 3.57. The third kappa shape index (κ3) is 3.65. The van der Waals surface area contributed by atoms with Gasteiger partial charge in [0.05, 0.1) is 6.04 Å². The average Bonchev–Trinajstić information content (AvgIpc) is 3.15. The molecule has 5 heteroatoms. The Morgan fingerprint density at radius 1 is 1.52 bits per heavy atom. The molecule has 0 aromatic carbocycles. The van der Waals surface area contributed by atoms with Gasteiger partial charge in [-0.1, -0.05) is 6.07 Å². The van der Waals surface area contributed by atoms with Gasteiger partial charge in [0.15, 0.2) is 0 Å². The molecule has 2 aromatic heterocycles. The van der Waals surface area contributed by atoms with Gasteiger partial charge in [0.2, 0.25) is 0 Å². The maximum Gasteiger partial charge on any atom is 0.133 e. The van der Waals surface area contributed by atoms with E-state index in [-0.39, 0.29) is 0 Å². The van der Waals surface area contributed by atoms with Gasteiger partial charge in [0.25, 0.3) is 0 Å². The first-order chi connectivity index (χ1) is 10.1. The maximum absolute atomic E-state index is 4.65. The van der Waals surface area contributed by atoms with Gasteiger partial charge in [-0.15, -0.1) is 11.3 Å². The molecule has 0 amide bonds. The number of rotatable bonds is 6. The van der Waals surface area contributed by atoms with Gasteiger partial charge in [-0.05, 0) is 53.2 Å². The molecule has 1 saturated carbocycles. The van der Waals surface area contributed by atoms with Gasteiger partial charge in [-0.25, -0.2) is 4.98 Å². The molecule has 2 heterocycles. The molecule has 1 aliphatic carbocycles. The van der Waals surface area contributed by atoms with Crippen molar-refractivity contribution in [1.29, 1.82) is 0 Å². The van der Waals surface area contributed by atoms with E-state index >= 15 is 0 Å². The Morgan fingerprint density at radius 3 is 3.00 bits per heavy atom. The third-order valence-corrected chi connectivity index (χ3v) is 5.41. The average molecular weight is 366 g/mol. The van der Waals surface area contributed by atoms with Crippen LogP contribution in [0.1, 0.15) is 36.2 Å². The molecule has 1 N–H and O–H groups in total. The molecule has 21 heavy (non-hydrogen) atoms. The second kappa shape index (κ2) is 6.46. The summed E-state index contributed by atoms with van der Waals surface area (Å²) in [5, 5.41) is 5.71. The molecule has 2 aromatic rings. The summed E-state index contributed by atoms with van der Waals surface area (Å²) in [6.45, 7) is 3.11. The number of hydrogen-bond donors (Lipinski definition) is 1. The van der Waals surface area contributed by atoms with Gasteiger partial charge in [-0.3, -0.25) is 0 Å². The van der Waals surface area contributed by atoms with Gasteiger partial charge in [0.1, 0.15) is 5.82 Å². The monoisotopic (exact) mass is 365 g/mol. The van der Waals surface area contributed by atoms with Crippen molar-refractivity contribution in [3.05, 3.63) is 44.7 Å². The third-order valence-electron chi connectivity index (χ3n) is 3.94. The molecule has 1 unspecified atom stereocenters. The van der Waals surface area contributed by atoms with Crippen molar-refractivity contribution in [2.75, 3.05) is 11.9 Å². The highest BCUT2D eigenvalue weighted by Crippen LogP contribution is 2.30. The molecule has 1 aliphatic rings. The summed E-state index contributed by atoms with van der Waals surface area (Å²) in [5.41, 5.74) is 1.25. The van der Waals surface area contributed by atoms with Crippen molar-refractivity contribution in [3.63, 3.8) is 0 Å². The van der Waals surface area contributed by atoms with Crippen molar-refractivity contribution >= 4 is 33.1 Å². The lowest BCUT2D eigenvalue weighted by atomic mass is 10.2. The van der Waals surface area contributed by atoms with E-state index in [0.717, 1.165) is 16.8 Å². The van der Waals surface area contributed by atoms with E-state index in [9.17, 15) is 0 Å². The summed E-state index contributed by atoms with van der Waals surface area (Å²) in [7, 11) is 2.13. The van der Waals surface area contributed by atoms with E-state index in [1.165, 1.54) is 23.3 Å². The summed E-state index contributed by atoms with van der Waals surface area (Å²) in [4.78, 5) is 8.28. The van der Waals surface area contributed by atoms with Crippen LogP contribution in [0.15, 0.2) is 34.2 Å². The molecular weight excluding hydrogens is 346 g/mol. The second-order valence-corrected chi connectivity index (χ2v) is 7.49. The van der Waals surface area contributed by atoms with E-state index in [0.29, 0.717) is 12.1 Å².